The van der Waals surface area contributed by atoms with Crippen LogP contribution in [0.15, 0.2) is 36.4 Å². The Bertz CT molecular complexity index is 640. The van der Waals surface area contributed by atoms with Gasteiger partial charge in [-0.15, -0.1) is 0 Å². The molecule has 2 amide bonds. The molecule has 0 saturated heterocycles. The molecule has 0 unspecified atom stereocenters. The van der Waals surface area contributed by atoms with Crippen LogP contribution in [0.3, 0.4) is 0 Å². The molecule has 2 N–H and O–H groups in total. The van der Waals surface area contributed by atoms with Gasteiger partial charge in [0.25, 0.3) is 0 Å². The third kappa shape index (κ3) is 5.47. The summed E-state index contributed by atoms with van der Waals surface area (Å²) in [4.78, 5) is 11.8. The van der Waals surface area contributed by atoms with E-state index in [0.717, 1.165) is 35.1 Å². The molecule has 124 valence electrons. The van der Waals surface area contributed by atoms with E-state index in [2.05, 4.69) is 29.7 Å². The first-order valence-corrected chi connectivity index (χ1v) is 8.31. The van der Waals surface area contributed by atoms with Crippen molar-refractivity contribution in [3.05, 3.63) is 42.0 Å². The van der Waals surface area contributed by atoms with Crippen LogP contribution < -0.4 is 15.4 Å². The summed E-state index contributed by atoms with van der Waals surface area (Å²) in [5, 5.41) is 8.08. The van der Waals surface area contributed by atoms with Crippen LogP contribution in [-0.4, -0.2) is 19.7 Å². The monoisotopic (exact) mass is 314 g/mol. The molecule has 0 aliphatic heterocycles. The third-order valence-corrected chi connectivity index (χ3v) is 3.88. The summed E-state index contributed by atoms with van der Waals surface area (Å²) in [6, 6.07) is 12.1. The normalized spacial score (nSPS) is 10.5. The predicted molar refractivity (Wildman–Crippen MR) is 94.9 cm³/mol. The Hall–Kier alpha value is -2.23. The number of urea groups is 1. The molecule has 0 aromatic heterocycles. The second-order valence-electron chi connectivity index (χ2n) is 5.72. The molecule has 0 spiro atoms. The van der Waals surface area contributed by atoms with Gasteiger partial charge in [0.15, 0.2) is 0 Å². The van der Waals surface area contributed by atoms with Gasteiger partial charge in [0.2, 0.25) is 0 Å². The fourth-order valence-corrected chi connectivity index (χ4v) is 2.51. The van der Waals surface area contributed by atoms with Crippen molar-refractivity contribution in [3.8, 4) is 5.75 Å². The fourth-order valence-electron chi connectivity index (χ4n) is 2.51. The summed E-state index contributed by atoms with van der Waals surface area (Å²) in [6.45, 7) is 3.45. The lowest BCUT2D eigenvalue weighted by Crippen LogP contribution is -2.35. The number of carbonyl (C=O) groups excluding carboxylic acids is 1. The minimum atomic E-state index is -0.101. The molecule has 23 heavy (non-hydrogen) atoms. The van der Waals surface area contributed by atoms with Crippen LogP contribution in [0.1, 0.15) is 38.2 Å². The fraction of sp³-hybridized carbons (Fsp3) is 0.421. The Morgan fingerprint density at radius 1 is 1.00 bits per heavy atom. The maximum atomic E-state index is 11.8. The van der Waals surface area contributed by atoms with E-state index in [-0.39, 0.29) is 6.03 Å². The van der Waals surface area contributed by atoms with E-state index in [1.165, 1.54) is 19.3 Å². The summed E-state index contributed by atoms with van der Waals surface area (Å²) >= 11 is 0. The number of methoxy groups -OCH3 is 1. The first kappa shape index (κ1) is 17.1. The van der Waals surface area contributed by atoms with Crippen molar-refractivity contribution >= 4 is 16.8 Å². The lowest BCUT2D eigenvalue weighted by molar-refractivity contribution is 0.240. The summed E-state index contributed by atoms with van der Waals surface area (Å²) < 4.78 is 5.23. The molecule has 0 atom stereocenters. The van der Waals surface area contributed by atoms with E-state index in [0.29, 0.717) is 6.54 Å². The average molecular weight is 314 g/mol. The van der Waals surface area contributed by atoms with Gasteiger partial charge in [-0.1, -0.05) is 44.4 Å². The lowest BCUT2D eigenvalue weighted by atomic mass is 10.1. The first-order valence-electron chi connectivity index (χ1n) is 8.31. The summed E-state index contributed by atoms with van der Waals surface area (Å²) in [7, 11) is 1.67. The number of hydrogen-bond donors (Lipinski definition) is 2. The minimum absolute atomic E-state index is 0.101. The number of benzene rings is 2. The van der Waals surface area contributed by atoms with Crippen molar-refractivity contribution in [2.75, 3.05) is 13.7 Å². The zero-order valence-corrected chi connectivity index (χ0v) is 14.0. The largest absolute Gasteiger partial charge is 0.497 e. The van der Waals surface area contributed by atoms with E-state index in [4.69, 9.17) is 4.74 Å². The van der Waals surface area contributed by atoms with E-state index >= 15 is 0 Å². The van der Waals surface area contributed by atoms with Crippen LogP contribution in [0, 0.1) is 0 Å². The van der Waals surface area contributed by atoms with E-state index < -0.39 is 0 Å². The van der Waals surface area contributed by atoms with E-state index in [9.17, 15) is 4.79 Å². The summed E-state index contributed by atoms with van der Waals surface area (Å²) in [5.41, 5.74) is 1.09. The molecule has 0 saturated carbocycles. The number of fused-ring (bicyclic) bond motifs is 1. The number of carbonyl (C=O) groups is 1. The Labute approximate surface area is 138 Å². The molecule has 0 heterocycles. The van der Waals surface area contributed by atoms with E-state index in [1.807, 2.05) is 24.3 Å². The van der Waals surface area contributed by atoms with Crippen LogP contribution in [0.25, 0.3) is 10.8 Å². The Kier molecular flexibility index (Phi) is 6.73. The maximum Gasteiger partial charge on any atom is 0.315 e. The van der Waals surface area contributed by atoms with Gasteiger partial charge in [-0.25, -0.2) is 4.79 Å². The van der Waals surface area contributed by atoms with Gasteiger partial charge in [0.05, 0.1) is 7.11 Å². The highest BCUT2D eigenvalue weighted by atomic mass is 16.5. The molecule has 0 fully saturated rings. The number of hydrogen-bond acceptors (Lipinski definition) is 2. The van der Waals surface area contributed by atoms with Crippen molar-refractivity contribution in [1.29, 1.82) is 0 Å². The highest BCUT2D eigenvalue weighted by Gasteiger charge is 2.02. The number of unbranched alkanes of at least 4 members (excludes halogenated alkanes) is 3. The van der Waals surface area contributed by atoms with Gasteiger partial charge in [-0.2, -0.15) is 0 Å². The molecule has 0 aliphatic rings. The molecule has 0 bridgehead atoms. The van der Waals surface area contributed by atoms with Crippen LogP contribution in [0.4, 0.5) is 4.79 Å². The third-order valence-electron chi connectivity index (χ3n) is 3.88. The Morgan fingerprint density at radius 3 is 2.57 bits per heavy atom. The molecule has 2 aromatic carbocycles. The van der Waals surface area contributed by atoms with Crippen LogP contribution in [0.2, 0.25) is 0 Å². The van der Waals surface area contributed by atoms with Crippen molar-refractivity contribution in [1.82, 2.24) is 10.6 Å². The van der Waals surface area contributed by atoms with Crippen molar-refractivity contribution < 1.29 is 9.53 Å². The minimum Gasteiger partial charge on any atom is -0.497 e. The van der Waals surface area contributed by atoms with E-state index in [1.54, 1.807) is 7.11 Å². The predicted octanol–water partition coefficient (Wildman–Crippen LogP) is 4.23. The number of amides is 2. The second kappa shape index (κ2) is 9.03. The van der Waals surface area contributed by atoms with Gasteiger partial charge < -0.3 is 15.4 Å². The van der Waals surface area contributed by atoms with Gasteiger partial charge in [0.1, 0.15) is 5.75 Å². The van der Waals surface area contributed by atoms with Gasteiger partial charge >= 0.3 is 6.03 Å². The highest BCUT2D eigenvalue weighted by Crippen LogP contribution is 2.21. The maximum absolute atomic E-state index is 11.8. The molecular formula is C19H26N2O2. The van der Waals surface area contributed by atoms with Crippen LogP contribution >= 0.6 is 0 Å². The zero-order valence-electron chi connectivity index (χ0n) is 14.0. The first-order chi connectivity index (χ1) is 11.2. The van der Waals surface area contributed by atoms with Gasteiger partial charge in [-0.05, 0) is 41.0 Å². The Balaban J connectivity index is 1.81. The molecule has 0 aliphatic carbocycles. The van der Waals surface area contributed by atoms with Crippen molar-refractivity contribution in [2.24, 2.45) is 0 Å². The molecule has 2 aromatic rings. The average Bonchev–Trinajstić information content (AvgIpc) is 2.59. The summed E-state index contributed by atoms with van der Waals surface area (Å²) in [5.74, 6) is 0.853. The molecule has 4 nitrogen and oxygen atoms in total. The van der Waals surface area contributed by atoms with Crippen molar-refractivity contribution in [2.45, 2.75) is 39.2 Å². The zero-order chi connectivity index (χ0) is 16.5. The summed E-state index contributed by atoms with van der Waals surface area (Å²) in [6.07, 6.45) is 4.65. The van der Waals surface area contributed by atoms with Crippen LogP contribution in [-0.2, 0) is 6.54 Å². The lowest BCUT2D eigenvalue weighted by Gasteiger charge is -2.09. The molecule has 4 heteroatoms. The quantitative estimate of drug-likeness (QED) is 0.716. The highest BCUT2D eigenvalue weighted by molar-refractivity contribution is 5.84. The second-order valence-corrected chi connectivity index (χ2v) is 5.72. The van der Waals surface area contributed by atoms with Gasteiger partial charge in [0, 0.05) is 13.1 Å². The van der Waals surface area contributed by atoms with Crippen LogP contribution in [0.5, 0.6) is 5.75 Å². The Morgan fingerprint density at radius 2 is 1.78 bits per heavy atom. The number of rotatable bonds is 8. The standard InChI is InChI=1S/C19H26N2O2/c1-3-4-5-6-11-20-19(22)21-14-15-7-8-17-13-18(23-2)10-9-16(17)12-15/h7-10,12-13H,3-6,11,14H2,1-2H3,(H2,20,21,22). The molecule has 0 radical (unpaired) electrons. The van der Waals surface area contributed by atoms with Crippen molar-refractivity contribution in [3.63, 3.8) is 0 Å². The smallest absolute Gasteiger partial charge is 0.315 e. The molecule has 2 rings (SSSR count). The SMILES string of the molecule is CCCCCCNC(=O)NCc1ccc2cc(OC)ccc2c1. The number of ether oxygens (including phenoxy) is 1. The topological polar surface area (TPSA) is 50.4 Å². The number of nitrogens with one attached hydrogen (secondary N) is 2. The molecular weight excluding hydrogens is 288 g/mol. The van der Waals surface area contributed by atoms with Gasteiger partial charge in [-0.3, -0.25) is 0 Å².